The van der Waals surface area contributed by atoms with Crippen LogP contribution in [0.5, 0.6) is 0 Å². The van der Waals surface area contributed by atoms with Gasteiger partial charge in [-0.15, -0.1) is 0 Å². The van der Waals surface area contributed by atoms with Crippen LogP contribution in [0.1, 0.15) is 11.1 Å². The van der Waals surface area contributed by atoms with Crippen LogP contribution in [-0.2, 0) is 17.9 Å². The second kappa shape index (κ2) is 6.83. The van der Waals surface area contributed by atoms with Gasteiger partial charge in [-0.2, -0.15) is 0 Å². The van der Waals surface area contributed by atoms with E-state index >= 15 is 0 Å². The van der Waals surface area contributed by atoms with Crippen LogP contribution in [-0.4, -0.2) is 25.2 Å². The van der Waals surface area contributed by atoms with Gasteiger partial charge in [0.05, 0.1) is 11.9 Å². The number of nitrogens with zero attached hydrogens (tertiary/aromatic N) is 3. The van der Waals surface area contributed by atoms with E-state index in [4.69, 9.17) is 5.11 Å². The molecule has 134 valence electrons. The smallest absolute Gasteiger partial charge is 0.333 e. The van der Waals surface area contributed by atoms with E-state index in [9.17, 15) is 18.8 Å². The Labute approximate surface area is 154 Å². The van der Waals surface area contributed by atoms with Gasteiger partial charge in [-0.3, -0.25) is 14.2 Å². The van der Waals surface area contributed by atoms with E-state index in [-0.39, 0.29) is 23.1 Å². The highest BCUT2D eigenvalue weighted by molar-refractivity contribution is 9.10. The zero-order valence-corrected chi connectivity index (χ0v) is 15.2. The van der Waals surface area contributed by atoms with Crippen molar-refractivity contribution in [2.75, 3.05) is 0 Å². The Morgan fingerprint density at radius 2 is 2.00 bits per heavy atom. The largest absolute Gasteiger partial charge is 0.480 e. The summed E-state index contributed by atoms with van der Waals surface area (Å²) in [5.74, 6) is -1.87. The molecule has 0 saturated heterocycles. The van der Waals surface area contributed by atoms with Crippen molar-refractivity contribution >= 4 is 32.9 Å². The standard InChI is InChI=1S/C17H13BrFN3O4/c1-9-4-12-15(20-6-9)21(7-10-2-3-11(18)5-13(10)19)17(26)22(16(12)25)8-14(23)24/h2-6H,7-8H2,1H3,(H,23,24). The number of pyridine rings is 1. The monoisotopic (exact) mass is 421 g/mol. The van der Waals surface area contributed by atoms with Crippen LogP contribution in [0.25, 0.3) is 11.0 Å². The first kappa shape index (κ1) is 18.0. The Hall–Kier alpha value is -2.81. The lowest BCUT2D eigenvalue weighted by Gasteiger charge is -2.13. The number of aliphatic carboxylic acids is 1. The maximum Gasteiger partial charge on any atom is 0.333 e. The second-order valence-corrected chi connectivity index (χ2v) is 6.69. The second-order valence-electron chi connectivity index (χ2n) is 5.77. The van der Waals surface area contributed by atoms with Crippen LogP contribution < -0.4 is 11.2 Å². The predicted molar refractivity (Wildman–Crippen MR) is 95.8 cm³/mol. The SMILES string of the molecule is Cc1cnc2c(c1)c(=O)n(CC(=O)O)c(=O)n2Cc1ccc(Br)cc1F. The first-order valence-corrected chi connectivity index (χ1v) is 8.33. The van der Waals surface area contributed by atoms with E-state index in [0.717, 1.165) is 4.57 Å². The molecule has 0 atom stereocenters. The van der Waals surface area contributed by atoms with E-state index in [1.54, 1.807) is 13.0 Å². The van der Waals surface area contributed by atoms with Crippen molar-refractivity contribution in [2.45, 2.75) is 20.0 Å². The Bertz CT molecular complexity index is 1150. The highest BCUT2D eigenvalue weighted by atomic mass is 79.9. The molecule has 2 aromatic heterocycles. The molecule has 1 N–H and O–H groups in total. The first-order chi connectivity index (χ1) is 12.3. The number of carbonyl (C=O) groups is 1. The fourth-order valence-electron chi connectivity index (χ4n) is 2.64. The van der Waals surface area contributed by atoms with Crippen LogP contribution in [0.15, 0.2) is 44.5 Å². The van der Waals surface area contributed by atoms with Crippen molar-refractivity contribution in [1.29, 1.82) is 0 Å². The Morgan fingerprint density at radius 1 is 1.27 bits per heavy atom. The molecular formula is C17H13BrFN3O4. The molecule has 1 aromatic carbocycles. The normalized spacial score (nSPS) is 11.0. The molecule has 9 heteroatoms. The number of hydrogen-bond acceptors (Lipinski definition) is 4. The van der Waals surface area contributed by atoms with Gasteiger partial charge in [0, 0.05) is 16.2 Å². The number of aromatic nitrogens is 3. The van der Waals surface area contributed by atoms with Gasteiger partial charge in [-0.25, -0.2) is 18.7 Å². The van der Waals surface area contributed by atoms with E-state index in [2.05, 4.69) is 20.9 Å². The molecule has 3 rings (SSSR count). The quantitative estimate of drug-likeness (QED) is 0.693. The third kappa shape index (κ3) is 3.30. The molecule has 0 unspecified atom stereocenters. The highest BCUT2D eigenvalue weighted by Crippen LogP contribution is 2.17. The van der Waals surface area contributed by atoms with Gasteiger partial charge in [0.2, 0.25) is 0 Å². The molecule has 0 aliphatic rings. The third-order valence-electron chi connectivity index (χ3n) is 3.83. The summed E-state index contributed by atoms with van der Waals surface area (Å²) in [5.41, 5.74) is -0.634. The molecule has 3 aromatic rings. The van der Waals surface area contributed by atoms with Crippen LogP contribution in [0.4, 0.5) is 4.39 Å². The number of carboxylic acids is 1. The Morgan fingerprint density at radius 3 is 2.65 bits per heavy atom. The summed E-state index contributed by atoms with van der Waals surface area (Å²) >= 11 is 3.16. The molecule has 0 amide bonds. The Balaban J connectivity index is 2.31. The fraction of sp³-hybridized carbons (Fsp3) is 0.176. The summed E-state index contributed by atoms with van der Waals surface area (Å²) in [5, 5.41) is 9.11. The molecule has 26 heavy (non-hydrogen) atoms. The molecule has 0 aliphatic carbocycles. The number of benzene rings is 1. The topological polar surface area (TPSA) is 94.2 Å². The number of carboxylic acid groups (broad SMARTS) is 1. The molecule has 7 nitrogen and oxygen atoms in total. The van der Waals surface area contributed by atoms with Gasteiger partial charge in [-0.1, -0.05) is 22.0 Å². The maximum absolute atomic E-state index is 14.2. The summed E-state index contributed by atoms with van der Waals surface area (Å²) in [6.45, 7) is 0.742. The van der Waals surface area contributed by atoms with Gasteiger partial charge < -0.3 is 5.11 Å². The summed E-state index contributed by atoms with van der Waals surface area (Å²) in [6, 6.07) is 5.90. The molecule has 0 bridgehead atoms. The highest BCUT2D eigenvalue weighted by Gasteiger charge is 2.17. The number of hydrogen-bond donors (Lipinski definition) is 1. The van der Waals surface area contributed by atoms with Gasteiger partial charge in [-0.05, 0) is 30.7 Å². The van der Waals surface area contributed by atoms with E-state index in [1.165, 1.54) is 24.4 Å². The average molecular weight is 422 g/mol. The van der Waals surface area contributed by atoms with Gasteiger partial charge in [0.25, 0.3) is 5.56 Å². The molecule has 0 saturated carbocycles. The lowest BCUT2D eigenvalue weighted by molar-refractivity contribution is -0.137. The maximum atomic E-state index is 14.2. The fourth-order valence-corrected chi connectivity index (χ4v) is 2.97. The van der Waals surface area contributed by atoms with Crippen molar-refractivity contribution in [3.8, 4) is 0 Å². The average Bonchev–Trinajstić information content (AvgIpc) is 2.57. The lowest BCUT2D eigenvalue weighted by Crippen LogP contribution is -2.42. The molecule has 0 radical (unpaired) electrons. The summed E-state index contributed by atoms with van der Waals surface area (Å²) in [4.78, 5) is 40.4. The van der Waals surface area contributed by atoms with E-state index in [1.807, 2.05) is 0 Å². The van der Waals surface area contributed by atoms with Gasteiger partial charge in [0.15, 0.2) is 0 Å². The minimum absolute atomic E-state index is 0.0783. The lowest BCUT2D eigenvalue weighted by atomic mass is 10.2. The summed E-state index contributed by atoms with van der Waals surface area (Å²) < 4.78 is 16.5. The predicted octanol–water partition coefficient (Wildman–Crippen LogP) is 1.90. The zero-order valence-electron chi connectivity index (χ0n) is 13.6. The molecular weight excluding hydrogens is 409 g/mol. The zero-order chi connectivity index (χ0) is 19.0. The molecule has 2 heterocycles. The van der Waals surface area contributed by atoms with Crippen LogP contribution in [0.2, 0.25) is 0 Å². The van der Waals surface area contributed by atoms with Crippen LogP contribution in [0, 0.1) is 12.7 Å². The van der Waals surface area contributed by atoms with Crippen molar-refractivity contribution < 1.29 is 14.3 Å². The third-order valence-corrected chi connectivity index (χ3v) is 4.33. The minimum atomic E-state index is -1.33. The number of halogens is 2. The molecule has 0 fully saturated rings. The minimum Gasteiger partial charge on any atom is -0.480 e. The van der Waals surface area contributed by atoms with E-state index < -0.39 is 29.6 Å². The number of fused-ring (bicyclic) bond motifs is 1. The van der Waals surface area contributed by atoms with Crippen LogP contribution >= 0.6 is 15.9 Å². The van der Waals surface area contributed by atoms with Crippen LogP contribution in [0.3, 0.4) is 0 Å². The summed E-state index contributed by atoms with van der Waals surface area (Å²) in [7, 11) is 0. The van der Waals surface area contributed by atoms with Gasteiger partial charge >= 0.3 is 11.7 Å². The van der Waals surface area contributed by atoms with Crippen molar-refractivity contribution in [3.05, 3.63) is 72.7 Å². The van der Waals surface area contributed by atoms with Crippen molar-refractivity contribution in [1.82, 2.24) is 14.1 Å². The number of aryl methyl sites for hydroxylation is 1. The Kier molecular flexibility index (Phi) is 4.73. The molecule has 0 aliphatic heterocycles. The van der Waals surface area contributed by atoms with E-state index in [0.29, 0.717) is 14.6 Å². The van der Waals surface area contributed by atoms with Crippen molar-refractivity contribution in [2.24, 2.45) is 0 Å². The first-order valence-electron chi connectivity index (χ1n) is 7.53. The number of rotatable bonds is 4. The van der Waals surface area contributed by atoms with Crippen molar-refractivity contribution in [3.63, 3.8) is 0 Å². The molecule has 0 spiro atoms. The van der Waals surface area contributed by atoms with Gasteiger partial charge in [0.1, 0.15) is 18.0 Å². The summed E-state index contributed by atoms with van der Waals surface area (Å²) in [6.07, 6.45) is 1.48.